The van der Waals surface area contributed by atoms with Crippen LogP contribution in [0.4, 0.5) is 0 Å². The van der Waals surface area contributed by atoms with Crippen molar-refractivity contribution < 1.29 is 4.74 Å². The smallest absolute Gasteiger partial charge is 0.236 e. The molecule has 1 aliphatic rings. The van der Waals surface area contributed by atoms with Gasteiger partial charge in [0.25, 0.3) is 0 Å². The first-order valence-corrected chi connectivity index (χ1v) is 5.79. The van der Waals surface area contributed by atoms with E-state index in [9.17, 15) is 0 Å². The normalized spacial score (nSPS) is 20.3. The van der Waals surface area contributed by atoms with Crippen molar-refractivity contribution in [2.75, 3.05) is 6.61 Å². The number of pyridine rings is 1. The number of halogens is 1. The predicted molar refractivity (Wildman–Crippen MR) is 63.1 cm³/mol. The Morgan fingerprint density at radius 3 is 2.93 bits per heavy atom. The van der Waals surface area contributed by atoms with Crippen LogP contribution in [0.3, 0.4) is 0 Å². The van der Waals surface area contributed by atoms with E-state index in [1.165, 1.54) is 0 Å². The minimum atomic E-state index is 0.258. The summed E-state index contributed by atoms with van der Waals surface area (Å²) in [5.41, 5.74) is 0.792. The van der Waals surface area contributed by atoms with Crippen LogP contribution in [-0.2, 0) is 4.74 Å². The molecule has 2 rings (SSSR count). The van der Waals surface area contributed by atoms with Gasteiger partial charge in [0.15, 0.2) is 0 Å². The molecule has 0 N–H and O–H groups in total. The maximum Gasteiger partial charge on any atom is 0.236 e. The minimum Gasteiger partial charge on any atom is -0.474 e. The molecule has 0 bridgehead atoms. The molecule has 0 saturated heterocycles. The molecule has 0 unspecified atom stereocenters. The molecule has 1 aromatic heterocycles. The summed E-state index contributed by atoms with van der Waals surface area (Å²) in [6, 6.07) is 4.08. The molecule has 80 valence electrons. The highest BCUT2D eigenvalue weighted by atomic mass is 79.9. The molecular formula is C11H13BrN2O. The van der Waals surface area contributed by atoms with Crippen LogP contribution in [0.2, 0.25) is 0 Å². The number of hydrogen-bond donors (Lipinski definition) is 0. The summed E-state index contributed by atoms with van der Waals surface area (Å²) in [7, 11) is 0. The molecule has 2 heterocycles. The van der Waals surface area contributed by atoms with Gasteiger partial charge in [0.2, 0.25) is 5.90 Å². The summed E-state index contributed by atoms with van der Waals surface area (Å²) in [6.45, 7) is 4.96. The van der Waals surface area contributed by atoms with Crippen molar-refractivity contribution in [3.05, 3.63) is 28.5 Å². The Labute approximate surface area is 97.7 Å². The summed E-state index contributed by atoms with van der Waals surface area (Å²) < 4.78 is 6.48. The van der Waals surface area contributed by atoms with E-state index in [4.69, 9.17) is 4.74 Å². The first-order chi connectivity index (χ1) is 7.18. The van der Waals surface area contributed by atoms with Gasteiger partial charge >= 0.3 is 0 Å². The van der Waals surface area contributed by atoms with Crippen LogP contribution in [0.5, 0.6) is 0 Å². The van der Waals surface area contributed by atoms with Crippen molar-refractivity contribution in [3.8, 4) is 0 Å². The monoisotopic (exact) mass is 268 g/mol. The number of hydrogen-bond acceptors (Lipinski definition) is 3. The largest absolute Gasteiger partial charge is 0.474 e. The van der Waals surface area contributed by atoms with E-state index < -0.39 is 0 Å². The first kappa shape index (κ1) is 10.6. The number of aromatic nitrogens is 1. The van der Waals surface area contributed by atoms with Crippen LogP contribution < -0.4 is 0 Å². The SMILES string of the molecule is CC(C)[C@H]1COC(c2ncccc2Br)=N1. The maximum atomic E-state index is 5.55. The highest BCUT2D eigenvalue weighted by Crippen LogP contribution is 2.21. The summed E-state index contributed by atoms with van der Waals surface area (Å²) in [6.07, 6.45) is 1.74. The Morgan fingerprint density at radius 1 is 1.53 bits per heavy atom. The lowest BCUT2D eigenvalue weighted by Gasteiger charge is -2.06. The molecular weight excluding hydrogens is 256 g/mol. The van der Waals surface area contributed by atoms with Crippen LogP contribution in [0.15, 0.2) is 27.8 Å². The van der Waals surface area contributed by atoms with Crippen LogP contribution in [0, 0.1) is 5.92 Å². The summed E-state index contributed by atoms with van der Waals surface area (Å²) in [5, 5.41) is 0. The third-order valence-electron chi connectivity index (χ3n) is 2.40. The molecule has 4 heteroatoms. The second-order valence-corrected chi connectivity index (χ2v) is 4.74. The van der Waals surface area contributed by atoms with E-state index in [2.05, 4.69) is 39.8 Å². The van der Waals surface area contributed by atoms with Gasteiger partial charge in [-0.2, -0.15) is 0 Å². The van der Waals surface area contributed by atoms with Gasteiger partial charge in [-0.05, 0) is 34.0 Å². The van der Waals surface area contributed by atoms with E-state index in [1.807, 2.05) is 12.1 Å². The molecule has 15 heavy (non-hydrogen) atoms. The van der Waals surface area contributed by atoms with E-state index in [0.717, 1.165) is 10.2 Å². The zero-order chi connectivity index (χ0) is 10.8. The lowest BCUT2D eigenvalue weighted by Crippen LogP contribution is -2.13. The van der Waals surface area contributed by atoms with Crippen LogP contribution in [0.25, 0.3) is 0 Å². The molecule has 1 atom stereocenters. The number of ether oxygens (including phenoxy) is 1. The molecule has 0 saturated carbocycles. The van der Waals surface area contributed by atoms with Crippen LogP contribution in [0.1, 0.15) is 19.5 Å². The van der Waals surface area contributed by atoms with E-state index in [1.54, 1.807) is 6.20 Å². The van der Waals surface area contributed by atoms with Gasteiger partial charge in [-0.1, -0.05) is 13.8 Å². The van der Waals surface area contributed by atoms with Crippen molar-refractivity contribution in [1.29, 1.82) is 0 Å². The van der Waals surface area contributed by atoms with E-state index >= 15 is 0 Å². The van der Waals surface area contributed by atoms with Crippen molar-refractivity contribution in [2.24, 2.45) is 10.9 Å². The van der Waals surface area contributed by atoms with Gasteiger partial charge < -0.3 is 4.74 Å². The average Bonchev–Trinajstić information content (AvgIpc) is 2.67. The molecule has 0 radical (unpaired) electrons. The molecule has 1 aromatic rings. The molecule has 0 aliphatic carbocycles. The van der Waals surface area contributed by atoms with Gasteiger partial charge in [-0.25, -0.2) is 4.99 Å². The summed E-state index contributed by atoms with van der Waals surface area (Å²) in [5.74, 6) is 1.16. The Morgan fingerprint density at radius 2 is 2.33 bits per heavy atom. The maximum absolute atomic E-state index is 5.55. The molecule has 0 fully saturated rings. The predicted octanol–water partition coefficient (Wildman–Crippen LogP) is 2.65. The van der Waals surface area contributed by atoms with Gasteiger partial charge in [0.1, 0.15) is 12.3 Å². The second kappa shape index (κ2) is 4.31. The molecule has 0 amide bonds. The third-order valence-corrected chi connectivity index (χ3v) is 3.04. The quantitative estimate of drug-likeness (QED) is 0.827. The first-order valence-electron chi connectivity index (χ1n) is 5.00. The molecule has 3 nitrogen and oxygen atoms in total. The Balaban J connectivity index is 2.27. The summed E-state index contributed by atoms with van der Waals surface area (Å²) in [4.78, 5) is 8.77. The van der Waals surface area contributed by atoms with Crippen LogP contribution in [-0.4, -0.2) is 23.5 Å². The molecule has 1 aliphatic heterocycles. The van der Waals surface area contributed by atoms with Gasteiger partial charge in [-0.15, -0.1) is 0 Å². The van der Waals surface area contributed by atoms with Gasteiger partial charge in [0.05, 0.1) is 6.04 Å². The van der Waals surface area contributed by atoms with Crippen molar-refractivity contribution in [3.63, 3.8) is 0 Å². The number of rotatable bonds is 2. The lowest BCUT2D eigenvalue weighted by molar-refractivity contribution is 0.291. The number of nitrogens with zero attached hydrogens (tertiary/aromatic N) is 2. The van der Waals surface area contributed by atoms with Crippen molar-refractivity contribution in [1.82, 2.24) is 4.98 Å². The molecule has 0 aromatic carbocycles. The standard InChI is InChI=1S/C11H13BrN2O/c1-7(2)9-6-15-11(14-9)10-8(12)4-3-5-13-10/h3-5,7,9H,6H2,1-2H3/t9-/m1/s1. The average molecular weight is 269 g/mol. The Bertz CT molecular complexity index is 390. The molecule has 0 spiro atoms. The lowest BCUT2D eigenvalue weighted by atomic mass is 10.1. The Kier molecular flexibility index (Phi) is 3.05. The third kappa shape index (κ3) is 2.20. The fraction of sp³-hybridized carbons (Fsp3) is 0.455. The van der Waals surface area contributed by atoms with Crippen molar-refractivity contribution >= 4 is 21.8 Å². The van der Waals surface area contributed by atoms with E-state index in [0.29, 0.717) is 18.4 Å². The second-order valence-electron chi connectivity index (χ2n) is 3.89. The fourth-order valence-corrected chi connectivity index (χ4v) is 1.83. The minimum absolute atomic E-state index is 0.258. The van der Waals surface area contributed by atoms with Crippen molar-refractivity contribution in [2.45, 2.75) is 19.9 Å². The summed E-state index contributed by atoms with van der Waals surface area (Å²) >= 11 is 3.44. The fourth-order valence-electron chi connectivity index (χ4n) is 1.40. The van der Waals surface area contributed by atoms with Gasteiger partial charge in [-0.3, -0.25) is 4.98 Å². The van der Waals surface area contributed by atoms with E-state index in [-0.39, 0.29) is 6.04 Å². The number of aliphatic imine (C=N–C) groups is 1. The highest BCUT2D eigenvalue weighted by Gasteiger charge is 2.24. The zero-order valence-corrected chi connectivity index (χ0v) is 10.4. The highest BCUT2D eigenvalue weighted by molar-refractivity contribution is 9.10. The Hall–Kier alpha value is -0.900. The topological polar surface area (TPSA) is 34.5 Å². The van der Waals surface area contributed by atoms with Gasteiger partial charge in [0, 0.05) is 10.7 Å². The van der Waals surface area contributed by atoms with Crippen LogP contribution >= 0.6 is 15.9 Å². The zero-order valence-electron chi connectivity index (χ0n) is 8.77.